The maximum absolute atomic E-state index is 4.98. The van der Waals surface area contributed by atoms with Crippen molar-refractivity contribution in [2.75, 3.05) is 0 Å². The minimum absolute atomic E-state index is 0.467. The number of nitrogens with two attached hydrogens (primary N) is 1. The SMILES string of the molecule is N/C=N\OCc1ccccc1. The number of oxime groups is 1. The van der Waals surface area contributed by atoms with E-state index in [1.807, 2.05) is 30.3 Å². The number of nitrogens with zero attached hydrogens (tertiary/aromatic N) is 1. The smallest absolute Gasteiger partial charge is 0.142 e. The zero-order chi connectivity index (χ0) is 7.94. The van der Waals surface area contributed by atoms with Crippen molar-refractivity contribution in [3.05, 3.63) is 35.9 Å². The predicted molar refractivity (Wildman–Crippen MR) is 43.9 cm³/mol. The van der Waals surface area contributed by atoms with Crippen molar-refractivity contribution < 1.29 is 4.84 Å². The van der Waals surface area contributed by atoms with E-state index in [0.29, 0.717) is 6.61 Å². The van der Waals surface area contributed by atoms with Crippen LogP contribution in [0.3, 0.4) is 0 Å². The molecule has 0 aliphatic rings. The van der Waals surface area contributed by atoms with Gasteiger partial charge in [0.2, 0.25) is 0 Å². The van der Waals surface area contributed by atoms with E-state index in [2.05, 4.69) is 5.16 Å². The Balaban J connectivity index is 2.39. The van der Waals surface area contributed by atoms with Gasteiger partial charge < -0.3 is 10.6 Å². The van der Waals surface area contributed by atoms with Gasteiger partial charge >= 0.3 is 0 Å². The van der Waals surface area contributed by atoms with Crippen LogP contribution in [0.25, 0.3) is 0 Å². The summed E-state index contributed by atoms with van der Waals surface area (Å²) in [6.07, 6.45) is 1.13. The van der Waals surface area contributed by atoms with E-state index >= 15 is 0 Å². The van der Waals surface area contributed by atoms with E-state index in [-0.39, 0.29) is 0 Å². The van der Waals surface area contributed by atoms with Crippen molar-refractivity contribution in [2.24, 2.45) is 10.9 Å². The van der Waals surface area contributed by atoms with Crippen LogP contribution in [0.2, 0.25) is 0 Å². The Bertz CT molecular complexity index is 221. The molecule has 11 heavy (non-hydrogen) atoms. The van der Waals surface area contributed by atoms with Crippen molar-refractivity contribution in [3.63, 3.8) is 0 Å². The van der Waals surface area contributed by atoms with Gasteiger partial charge in [-0.15, -0.1) is 0 Å². The van der Waals surface area contributed by atoms with E-state index in [1.54, 1.807) is 0 Å². The van der Waals surface area contributed by atoms with Gasteiger partial charge in [-0.05, 0) is 5.56 Å². The van der Waals surface area contributed by atoms with Crippen LogP contribution in [0, 0.1) is 0 Å². The summed E-state index contributed by atoms with van der Waals surface area (Å²) >= 11 is 0. The lowest BCUT2D eigenvalue weighted by molar-refractivity contribution is 0.131. The topological polar surface area (TPSA) is 47.6 Å². The molecule has 1 rings (SSSR count). The molecular formula is C8H10N2O. The van der Waals surface area contributed by atoms with Gasteiger partial charge in [0.15, 0.2) is 0 Å². The summed E-state index contributed by atoms with van der Waals surface area (Å²) < 4.78 is 0. The van der Waals surface area contributed by atoms with E-state index in [4.69, 9.17) is 10.6 Å². The van der Waals surface area contributed by atoms with Crippen LogP contribution in [0.5, 0.6) is 0 Å². The molecule has 0 aromatic heterocycles. The fourth-order valence-electron chi connectivity index (χ4n) is 0.729. The van der Waals surface area contributed by atoms with E-state index in [9.17, 15) is 0 Å². The first-order valence-corrected chi connectivity index (χ1v) is 3.33. The molecule has 58 valence electrons. The highest BCUT2D eigenvalue weighted by atomic mass is 16.6. The summed E-state index contributed by atoms with van der Waals surface area (Å²) in [6, 6.07) is 9.78. The zero-order valence-corrected chi connectivity index (χ0v) is 6.10. The molecule has 1 aromatic carbocycles. The first-order chi connectivity index (χ1) is 5.43. The standard InChI is InChI=1S/C8H10N2O/c9-7-10-11-6-8-4-2-1-3-5-8/h1-5,7H,6H2,(H2,9,10). The van der Waals surface area contributed by atoms with Crippen molar-refractivity contribution in [1.29, 1.82) is 0 Å². The molecule has 0 aliphatic heterocycles. The van der Waals surface area contributed by atoms with Gasteiger partial charge in [0.25, 0.3) is 0 Å². The maximum atomic E-state index is 4.98. The Hall–Kier alpha value is -1.51. The minimum atomic E-state index is 0.467. The lowest BCUT2D eigenvalue weighted by atomic mass is 10.2. The Morgan fingerprint density at radius 2 is 2.09 bits per heavy atom. The second kappa shape index (κ2) is 4.33. The second-order valence-electron chi connectivity index (χ2n) is 2.01. The van der Waals surface area contributed by atoms with Gasteiger partial charge in [-0.1, -0.05) is 35.5 Å². The van der Waals surface area contributed by atoms with Crippen LogP contribution >= 0.6 is 0 Å². The van der Waals surface area contributed by atoms with Crippen molar-refractivity contribution in [3.8, 4) is 0 Å². The van der Waals surface area contributed by atoms with Crippen LogP contribution in [0.1, 0.15) is 5.56 Å². The summed E-state index contributed by atoms with van der Waals surface area (Å²) in [6.45, 7) is 0.467. The molecule has 0 atom stereocenters. The highest BCUT2D eigenvalue weighted by Gasteiger charge is 1.87. The average Bonchev–Trinajstić information content (AvgIpc) is 2.07. The van der Waals surface area contributed by atoms with Gasteiger partial charge in [0, 0.05) is 0 Å². The van der Waals surface area contributed by atoms with Crippen molar-refractivity contribution in [2.45, 2.75) is 6.61 Å². The Morgan fingerprint density at radius 3 is 2.73 bits per heavy atom. The number of hydrogen-bond donors (Lipinski definition) is 1. The monoisotopic (exact) mass is 150 g/mol. The van der Waals surface area contributed by atoms with Gasteiger partial charge in [-0.3, -0.25) is 0 Å². The van der Waals surface area contributed by atoms with Gasteiger partial charge in [0.05, 0.1) is 0 Å². The molecule has 0 aliphatic carbocycles. The summed E-state index contributed by atoms with van der Waals surface area (Å²) in [5.41, 5.74) is 6.06. The molecule has 0 amide bonds. The van der Waals surface area contributed by atoms with Crippen LogP contribution in [0.15, 0.2) is 35.5 Å². The molecule has 0 bridgehead atoms. The largest absolute Gasteiger partial charge is 0.390 e. The molecular weight excluding hydrogens is 140 g/mol. The van der Waals surface area contributed by atoms with Crippen molar-refractivity contribution in [1.82, 2.24) is 0 Å². The molecule has 2 N–H and O–H groups in total. The molecule has 0 saturated heterocycles. The average molecular weight is 150 g/mol. The minimum Gasteiger partial charge on any atom is -0.390 e. The van der Waals surface area contributed by atoms with Crippen LogP contribution in [0.4, 0.5) is 0 Å². The maximum Gasteiger partial charge on any atom is 0.142 e. The molecule has 0 fully saturated rings. The van der Waals surface area contributed by atoms with Crippen LogP contribution in [-0.2, 0) is 11.4 Å². The van der Waals surface area contributed by atoms with E-state index in [1.165, 1.54) is 0 Å². The van der Waals surface area contributed by atoms with Gasteiger partial charge in [-0.25, -0.2) is 0 Å². The third kappa shape index (κ3) is 2.71. The zero-order valence-electron chi connectivity index (χ0n) is 6.10. The summed E-state index contributed by atoms with van der Waals surface area (Å²) in [7, 11) is 0. The Morgan fingerprint density at radius 1 is 1.36 bits per heavy atom. The molecule has 0 radical (unpaired) electrons. The Labute approximate surface area is 65.5 Å². The molecule has 0 unspecified atom stereocenters. The third-order valence-electron chi connectivity index (χ3n) is 1.21. The highest BCUT2D eigenvalue weighted by Crippen LogP contribution is 1.99. The third-order valence-corrected chi connectivity index (χ3v) is 1.21. The second-order valence-corrected chi connectivity index (χ2v) is 2.01. The van der Waals surface area contributed by atoms with E-state index in [0.717, 1.165) is 11.9 Å². The van der Waals surface area contributed by atoms with Gasteiger partial charge in [0.1, 0.15) is 12.9 Å². The molecule has 3 heteroatoms. The number of rotatable bonds is 3. The van der Waals surface area contributed by atoms with Gasteiger partial charge in [-0.2, -0.15) is 0 Å². The molecule has 3 nitrogen and oxygen atoms in total. The lowest BCUT2D eigenvalue weighted by Crippen LogP contribution is -1.91. The van der Waals surface area contributed by atoms with Crippen molar-refractivity contribution >= 4 is 6.34 Å². The molecule has 0 spiro atoms. The quantitative estimate of drug-likeness (QED) is 0.398. The fraction of sp³-hybridized carbons (Fsp3) is 0.125. The summed E-state index contributed by atoms with van der Waals surface area (Å²) in [4.78, 5) is 4.81. The highest BCUT2D eigenvalue weighted by molar-refractivity contribution is 5.49. The van der Waals surface area contributed by atoms with Crippen LogP contribution in [-0.4, -0.2) is 6.34 Å². The Kier molecular flexibility index (Phi) is 2.99. The first-order valence-electron chi connectivity index (χ1n) is 3.33. The van der Waals surface area contributed by atoms with Crippen LogP contribution < -0.4 is 5.73 Å². The fourth-order valence-corrected chi connectivity index (χ4v) is 0.729. The summed E-state index contributed by atoms with van der Waals surface area (Å²) in [5, 5.41) is 3.42. The van der Waals surface area contributed by atoms with E-state index < -0.39 is 0 Å². The number of benzene rings is 1. The molecule has 0 heterocycles. The predicted octanol–water partition coefficient (Wildman–Crippen LogP) is 1.11. The number of hydrogen-bond acceptors (Lipinski definition) is 2. The lowest BCUT2D eigenvalue weighted by Gasteiger charge is -1.96. The normalized spacial score (nSPS) is 10.2. The first kappa shape index (κ1) is 7.60. The molecule has 1 aromatic rings. The molecule has 0 saturated carbocycles. The summed E-state index contributed by atoms with van der Waals surface area (Å²) in [5.74, 6) is 0.